The molecule has 1 saturated carbocycles. The van der Waals surface area contributed by atoms with Crippen LogP contribution in [0.1, 0.15) is 51.9 Å². The number of nitrogens with zero attached hydrogens (tertiary/aromatic N) is 1. The molecule has 0 N–H and O–H groups in total. The molecule has 1 saturated heterocycles. The van der Waals surface area contributed by atoms with Crippen LogP contribution >= 0.6 is 0 Å². The summed E-state index contributed by atoms with van der Waals surface area (Å²) in [6.45, 7) is 6.60. The first-order valence-electron chi connectivity index (χ1n) is 6.58. The Morgan fingerprint density at radius 1 is 1.14 bits per heavy atom. The fraction of sp³-hybridized carbons (Fsp3) is 1.00. The Morgan fingerprint density at radius 2 is 1.86 bits per heavy atom. The highest BCUT2D eigenvalue weighted by molar-refractivity contribution is 4.74. The molecule has 0 bridgehead atoms. The van der Waals surface area contributed by atoms with Gasteiger partial charge in [-0.2, -0.15) is 0 Å². The number of rotatable bonds is 5. The summed E-state index contributed by atoms with van der Waals surface area (Å²) in [6.07, 6.45) is 10.5. The zero-order valence-electron chi connectivity index (χ0n) is 9.67. The van der Waals surface area contributed by atoms with Crippen LogP contribution in [0.2, 0.25) is 0 Å². The summed E-state index contributed by atoms with van der Waals surface area (Å²) in [6, 6.07) is 0. The van der Waals surface area contributed by atoms with Crippen molar-refractivity contribution >= 4 is 0 Å². The van der Waals surface area contributed by atoms with Gasteiger partial charge in [-0.25, -0.2) is 0 Å². The molecule has 0 amide bonds. The Bertz CT molecular complexity index is 157. The minimum atomic E-state index is 0.996. The van der Waals surface area contributed by atoms with Crippen LogP contribution in [0.15, 0.2) is 0 Å². The third kappa shape index (κ3) is 3.27. The highest BCUT2D eigenvalue weighted by atomic mass is 15.2. The minimum absolute atomic E-state index is 0.996. The van der Waals surface area contributed by atoms with Crippen LogP contribution in [0, 0.1) is 11.8 Å². The summed E-state index contributed by atoms with van der Waals surface area (Å²) < 4.78 is 0. The van der Waals surface area contributed by atoms with Crippen molar-refractivity contribution in [2.75, 3.05) is 19.6 Å². The van der Waals surface area contributed by atoms with Crippen molar-refractivity contribution < 1.29 is 0 Å². The number of hydrogen-bond donors (Lipinski definition) is 0. The van der Waals surface area contributed by atoms with E-state index in [4.69, 9.17) is 0 Å². The monoisotopic (exact) mass is 195 g/mol. The topological polar surface area (TPSA) is 3.01 Å². The first-order chi connectivity index (χ1) is 6.86. The molecular formula is C13H25N. The van der Waals surface area contributed by atoms with Crippen molar-refractivity contribution in [1.82, 2.24) is 4.90 Å². The van der Waals surface area contributed by atoms with Crippen LogP contribution in [0.25, 0.3) is 0 Å². The summed E-state index contributed by atoms with van der Waals surface area (Å²) in [5.74, 6) is 2.06. The highest BCUT2D eigenvalue weighted by Crippen LogP contribution is 2.32. The molecule has 14 heavy (non-hydrogen) atoms. The lowest BCUT2D eigenvalue weighted by atomic mass is 9.79. The van der Waals surface area contributed by atoms with Gasteiger partial charge in [0.1, 0.15) is 0 Å². The van der Waals surface area contributed by atoms with Crippen LogP contribution < -0.4 is 0 Å². The fourth-order valence-corrected chi connectivity index (χ4v) is 2.87. The molecule has 82 valence electrons. The van der Waals surface area contributed by atoms with Crippen molar-refractivity contribution in [3.8, 4) is 0 Å². The Hall–Kier alpha value is -0.0400. The highest BCUT2D eigenvalue weighted by Gasteiger charge is 2.21. The predicted molar refractivity (Wildman–Crippen MR) is 61.4 cm³/mol. The van der Waals surface area contributed by atoms with Gasteiger partial charge in [-0.05, 0) is 31.2 Å². The molecule has 2 aliphatic rings. The molecule has 0 radical (unpaired) electrons. The molecule has 1 atom stereocenters. The van der Waals surface area contributed by atoms with Gasteiger partial charge in [-0.15, -0.1) is 0 Å². The molecule has 1 heteroatoms. The van der Waals surface area contributed by atoms with Crippen molar-refractivity contribution in [3.05, 3.63) is 0 Å². The van der Waals surface area contributed by atoms with Crippen LogP contribution in [0.3, 0.4) is 0 Å². The molecule has 0 aromatic heterocycles. The maximum absolute atomic E-state index is 2.55. The standard InChI is InChI=1S/C13H25N/c1-12(6-5-9-14-10-11-14)13-7-3-2-4-8-13/h12-13H,2-11H2,1H3. The lowest BCUT2D eigenvalue weighted by Crippen LogP contribution is -2.16. The Morgan fingerprint density at radius 3 is 2.50 bits per heavy atom. The number of hydrogen-bond acceptors (Lipinski definition) is 1. The maximum Gasteiger partial charge on any atom is 0.0110 e. The SMILES string of the molecule is CC(CCCN1CC1)C1CCCCC1. The molecule has 0 aromatic rings. The summed E-state index contributed by atoms with van der Waals surface area (Å²) in [4.78, 5) is 2.55. The van der Waals surface area contributed by atoms with E-state index in [1.807, 2.05) is 0 Å². The van der Waals surface area contributed by atoms with Gasteiger partial charge >= 0.3 is 0 Å². The van der Waals surface area contributed by atoms with Gasteiger partial charge in [-0.1, -0.05) is 39.0 Å². The second kappa shape index (κ2) is 5.16. The summed E-state index contributed by atoms with van der Waals surface area (Å²) in [7, 11) is 0. The van der Waals surface area contributed by atoms with Crippen LogP contribution in [-0.4, -0.2) is 24.5 Å². The first kappa shape index (κ1) is 10.5. The fourth-order valence-electron chi connectivity index (χ4n) is 2.87. The van der Waals surface area contributed by atoms with Crippen LogP contribution in [-0.2, 0) is 0 Å². The van der Waals surface area contributed by atoms with Crippen LogP contribution in [0.4, 0.5) is 0 Å². The van der Waals surface area contributed by atoms with E-state index in [1.165, 1.54) is 64.6 Å². The van der Waals surface area contributed by atoms with Crippen LogP contribution in [0.5, 0.6) is 0 Å². The third-order valence-corrected chi connectivity index (χ3v) is 4.13. The molecule has 0 aromatic carbocycles. The average molecular weight is 195 g/mol. The van der Waals surface area contributed by atoms with Crippen molar-refractivity contribution in [1.29, 1.82) is 0 Å². The van der Waals surface area contributed by atoms with E-state index in [1.54, 1.807) is 0 Å². The molecule has 2 rings (SSSR count). The van der Waals surface area contributed by atoms with E-state index in [0.717, 1.165) is 11.8 Å². The van der Waals surface area contributed by atoms with Crippen molar-refractivity contribution in [2.45, 2.75) is 51.9 Å². The summed E-state index contributed by atoms with van der Waals surface area (Å²) in [5, 5.41) is 0. The van der Waals surface area contributed by atoms with Gasteiger partial charge < -0.3 is 4.90 Å². The van der Waals surface area contributed by atoms with E-state index in [0.29, 0.717) is 0 Å². The Balaban J connectivity index is 1.57. The quantitative estimate of drug-likeness (QED) is 0.608. The average Bonchev–Trinajstić information content (AvgIpc) is 3.03. The van der Waals surface area contributed by atoms with Gasteiger partial charge in [-0.3, -0.25) is 0 Å². The van der Waals surface area contributed by atoms with E-state index < -0.39 is 0 Å². The van der Waals surface area contributed by atoms with E-state index in [2.05, 4.69) is 11.8 Å². The molecule has 1 aliphatic carbocycles. The Kier molecular flexibility index (Phi) is 3.86. The van der Waals surface area contributed by atoms with Gasteiger partial charge in [0.05, 0.1) is 0 Å². The van der Waals surface area contributed by atoms with Gasteiger partial charge in [0.25, 0.3) is 0 Å². The zero-order valence-corrected chi connectivity index (χ0v) is 9.67. The molecule has 1 heterocycles. The van der Waals surface area contributed by atoms with E-state index >= 15 is 0 Å². The molecule has 1 unspecified atom stereocenters. The first-order valence-corrected chi connectivity index (χ1v) is 6.58. The van der Waals surface area contributed by atoms with E-state index in [9.17, 15) is 0 Å². The van der Waals surface area contributed by atoms with Crippen molar-refractivity contribution in [3.63, 3.8) is 0 Å². The molecule has 2 fully saturated rings. The van der Waals surface area contributed by atoms with E-state index in [-0.39, 0.29) is 0 Å². The largest absolute Gasteiger partial charge is 0.301 e. The lowest BCUT2D eigenvalue weighted by molar-refractivity contribution is 0.246. The second-order valence-electron chi connectivity index (χ2n) is 5.36. The Labute approximate surface area is 88.9 Å². The molecule has 0 spiro atoms. The summed E-state index contributed by atoms with van der Waals surface area (Å²) >= 11 is 0. The predicted octanol–water partition coefficient (Wildman–Crippen LogP) is 3.30. The summed E-state index contributed by atoms with van der Waals surface area (Å²) in [5.41, 5.74) is 0. The van der Waals surface area contributed by atoms with Crippen molar-refractivity contribution in [2.24, 2.45) is 11.8 Å². The lowest BCUT2D eigenvalue weighted by Gasteiger charge is -2.27. The third-order valence-electron chi connectivity index (χ3n) is 4.13. The van der Waals surface area contributed by atoms with Gasteiger partial charge in [0, 0.05) is 13.1 Å². The molecule has 1 aliphatic heterocycles. The minimum Gasteiger partial charge on any atom is -0.301 e. The second-order valence-corrected chi connectivity index (χ2v) is 5.36. The van der Waals surface area contributed by atoms with Gasteiger partial charge in [0.2, 0.25) is 0 Å². The van der Waals surface area contributed by atoms with Gasteiger partial charge in [0.15, 0.2) is 0 Å². The maximum atomic E-state index is 2.55. The smallest absolute Gasteiger partial charge is 0.0110 e. The molecule has 1 nitrogen and oxygen atoms in total. The molecular weight excluding hydrogens is 170 g/mol. The zero-order chi connectivity index (χ0) is 9.80. The normalized spacial score (nSPS) is 26.4.